The first-order chi connectivity index (χ1) is 11.1. The van der Waals surface area contributed by atoms with E-state index in [1.807, 2.05) is 48.2 Å². The molecule has 2 amide bonds. The lowest BCUT2D eigenvalue weighted by Gasteiger charge is -2.39. The first-order valence-corrected chi connectivity index (χ1v) is 8.38. The summed E-state index contributed by atoms with van der Waals surface area (Å²) in [7, 11) is 0. The standard InChI is InChI=1S/C17H19BrN2O3/c1-12-16(13-4-6-14(18)7-5-13)23-10-8-20(12)17(21)19-11-15-3-2-9-22-15/h2-7,9,12,16H,8,10-11H2,1H3,(H,19,21)/t12-,16-/m1/s1. The van der Waals surface area contributed by atoms with Gasteiger partial charge < -0.3 is 19.4 Å². The highest BCUT2D eigenvalue weighted by atomic mass is 79.9. The SMILES string of the molecule is C[C@@H]1[C@H](c2ccc(Br)cc2)OCCN1C(=O)NCc1ccco1. The molecule has 1 N–H and O–H groups in total. The van der Waals surface area contributed by atoms with Crippen LogP contribution in [0.15, 0.2) is 51.6 Å². The van der Waals surface area contributed by atoms with Gasteiger partial charge in [-0.2, -0.15) is 0 Å². The lowest BCUT2D eigenvalue weighted by molar-refractivity contribution is -0.0498. The van der Waals surface area contributed by atoms with Gasteiger partial charge in [0.25, 0.3) is 0 Å². The van der Waals surface area contributed by atoms with E-state index in [4.69, 9.17) is 9.15 Å². The molecule has 1 aromatic carbocycles. The van der Waals surface area contributed by atoms with E-state index in [0.29, 0.717) is 19.7 Å². The van der Waals surface area contributed by atoms with E-state index >= 15 is 0 Å². The van der Waals surface area contributed by atoms with Gasteiger partial charge in [-0.25, -0.2) is 4.79 Å². The van der Waals surface area contributed by atoms with Gasteiger partial charge in [-0.3, -0.25) is 0 Å². The minimum absolute atomic E-state index is 0.0403. The minimum Gasteiger partial charge on any atom is -0.467 e. The molecule has 2 heterocycles. The number of carbonyl (C=O) groups excluding carboxylic acids is 1. The third kappa shape index (κ3) is 3.76. The Kier molecular flexibility index (Phi) is 5.03. The molecule has 1 aliphatic rings. The number of hydrogen-bond acceptors (Lipinski definition) is 3. The number of halogens is 1. The molecule has 1 aliphatic heterocycles. The molecule has 2 atom stereocenters. The monoisotopic (exact) mass is 378 g/mol. The number of benzene rings is 1. The summed E-state index contributed by atoms with van der Waals surface area (Å²) in [5, 5.41) is 2.90. The molecule has 2 aromatic rings. The fraction of sp³-hybridized carbons (Fsp3) is 0.353. The Morgan fingerprint density at radius 2 is 2.13 bits per heavy atom. The number of rotatable bonds is 3. The molecule has 122 valence electrons. The second kappa shape index (κ2) is 7.19. The number of carbonyl (C=O) groups is 1. The average molecular weight is 379 g/mol. The maximum absolute atomic E-state index is 12.4. The van der Waals surface area contributed by atoms with Crippen molar-refractivity contribution in [3.05, 3.63) is 58.5 Å². The van der Waals surface area contributed by atoms with E-state index in [0.717, 1.165) is 15.8 Å². The number of nitrogens with zero attached hydrogens (tertiary/aromatic N) is 1. The Balaban J connectivity index is 1.65. The summed E-state index contributed by atoms with van der Waals surface area (Å²) in [5.74, 6) is 0.740. The zero-order valence-electron chi connectivity index (χ0n) is 12.9. The number of hydrogen-bond donors (Lipinski definition) is 1. The summed E-state index contributed by atoms with van der Waals surface area (Å²) in [4.78, 5) is 14.3. The van der Waals surface area contributed by atoms with Gasteiger partial charge in [-0.05, 0) is 36.8 Å². The number of amides is 2. The molecule has 5 nitrogen and oxygen atoms in total. The third-order valence-corrected chi connectivity index (χ3v) is 4.54. The average Bonchev–Trinajstić information content (AvgIpc) is 3.07. The maximum Gasteiger partial charge on any atom is 0.318 e. The van der Waals surface area contributed by atoms with Crippen LogP contribution in [0, 0.1) is 0 Å². The van der Waals surface area contributed by atoms with Crippen molar-refractivity contribution < 1.29 is 13.9 Å². The van der Waals surface area contributed by atoms with Gasteiger partial charge in [0, 0.05) is 11.0 Å². The van der Waals surface area contributed by atoms with Crippen molar-refractivity contribution in [3.63, 3.8) is 0 Å². The third-order valence-electron chi connectivity index (χ3n) is 4.01. The molecule has 0 aliphatic carbocycles. The second-order valence-electron chi connectivity index (χ2n) is 5.52. The smallest absolute Gasteiger partial charge is 0.318 e. The van der Waals surface area contributed by atoms with Crippen LogP contribution >= 0.6 is 15.9 Å². The number of urea groups is 1. The normalized spacial score (nSPS) is 21.2. The van der Waals surface area contributed by atoms with Crippen LogP contribution in [-0.4, -0.2) is 30.1 Å². The van der Waals surface area contributed by atoms with Crippen molar-refractivity contribution in [2.24, 2.45) is 0 Å². The quantitative estimate of drug-likeness (QED) is 0.885. The molecule has 1 aromatic heterocycles. The minimum atomic E-state index is -0.119. The van der Waals surface area contributed by atoms with Crippen LogP contribution in [0.4, 0.5) is 4.79 Å². The van der Waals surface area contributed by atoms with Gasteiger partial charge in [-0.15, -0.1) is 0 Å². The molecule has 0 unspecified atom stereocenters. The van der Waals surface area contributed by atoms with Gasteiger partial charge in [0.1, 0.15) is 11.9 Å². The van der Waals surface area contributed by atoms with Crippen molar-refractivity contribution in [2.45, 2.75) is 25.6 Å². The topological polar surface area (TPSA) is 54.7 Å². The van der Waals surface area contributed by atoms with Gasteiger partial charge >= 0.3 is 6.03 Å². The second-order valence-corrected chi connectivity index (χ2v) is 6.43. The first-order valence-electron chi connectivity index (χ1n) is 7.59. The van der Waals surface area contributed by atoms with Gasteiger partial charge in [0.05, 0.1) is 25.5 Å². The summed E-state index contributed by atoms with van der Waals surface area (Å²) in [6, 6.07) is 11.5. The Hall–Kier alpha value is -1.79. The van der Waals surface area contributed by atoms with Gasteiger partial charge in [0.15, 0.2) is 0 Å². The van der Waals surface area contributed by atoms with Crippen LogP contribution in [0.25, 0.3) is 0 Å². The van der Waals surface area contributed by atoms with Gasteiger partial charge in [0.2, 0.25) is 0 Å². The summed E-state index contributed by atoms with van der Waals surface area (Å²) in [5.41, 5.74) is 1.07. The Labute approximate surface area is 143 Å². The van der Waals surface area contributed by atoms with E-state index in [1.165, 1.54) is 0 Å². The van der Waals surface area contributed by atoms with Crippen molar-refractivity contribution in [3.8, 4) is 0 Å². The number of ether oxygens (including phenoxy) is 1. The van der Waals surface area contributed by atoms with E-state index < -0.39 is 0 Å². The molecule has 0 spiro atoms. The molecule has 0 radical (unpaired) electrons. The summed E-state index contributed by atoms with van der Waals surface area (Å²) in [6.07, 6.45) is 1.48. The van der Waals surface area contributed by atoms with Crippen LogP contribution in [-0.2, 0) is 11.3 Å². The molecule has 23 heavy (non-hydrogen) atoms. The maximum atomic E-state index is 12.4. The predicted octanol–water partition coefficient (Wildman–Crippen LogP) is 3.71. The molecule has 1 fully saturated rings. The number of morpholine rings is 1. The largest absolute Gasteiger partial charge is 0.467 e. The van der Waals surface area contributed by atoms with Gasteiger partial charge in [-0.1, -0.05) is 28.1 Å². The van der Waals surface area contributed by atoms with Crippen LogP contribution in [0.3, 0.4) is 0 Å². The highest BCUT2D eigenvalue weighted by Crippen LogP contribution is 2.29. The Morgan fingerprint density at radius 3 is 2.83 bits per heavy atom. The zero-order valence-corrected chi connectivity index (χ0v) is 14.5. The van der Waals surface area contributed by atoms with E-state index in [2.05, 4.69) is 21.2 Å². The highest BCUT2D eigenvalue weighted by Gasteiger charge is 2.32. The predicted molar refractivity (Wildman–Crippen MR) is 89.9 cm³/mol. The highest BCUT2D eigenvalue weighted by molar-refractivity contribution is 9.10. The van der Waals surface area contributed by atoms with Crippen LogP contribution in [0.2, 0.25) is 0 Å². The summed E-state index contributed by atoms with van der Waals surface area (Å²) < 4.78 is 12.2. The molecule has 1 saturated heterocycles. The van der Waals surface area contributed by atoms with Crippen molar-refractivity contribution >= 4 is 22.0 Å². The molecule has 0 saturated carbocycles. The van der Waals surface area contributed by atoms with E-state index in [9.17, 15) is 4.79 Å². The van der Waals surface area contributed by atoms with Crippen molar-refractivity contribution in [2.75, 3.05) is 13.2 Å². The van der Waals surface area contributed by atoms with Crippen LogP contribution in [0.5, 0.6) is 0 Å². The lowest BCUT2D eigenvalue weighted by Crippen LogP contribution is -2.52. The van der Waals surface area contributed by atoms with Crippen molar-refractivity contribution in [1.29, 1.82) is 0 Å². The lowest BCUT2D eigenvalue weighted by atomic mass is 10.0. The molecule has 0 bridgehead atoms. The summed E-state index contributed by atoms with van der Waals surface area (Å²) in [6.45, 7) is 3.51. The van der Waals surface area contributed by atoms with E-state index in [1.54, 1.807) is 6.26 Å². The molecule has 6 heteroatoms. The fourth-order valence-corrected chi connectivity index (χ4v) is 3.04. The molecule has 3 rings (SSSR count). The Bertz CT molecular complexity index is 642. The summed E-state index contributed by atoms with van der Waals surface area (Å²) >= 11 is 3.43. The van der Waals surface area contributed by atoms with Crippen molar-refractivity contribution in [1.82, 2.24) is 10.2 Å². The first kappa shape index (κ1) is 16.1. The molecular weight excluding hydrogens is 360 g/mol. The molecular formula is C17H19BrN2O3. The zero-order chi connectivity index (χ0) is 16.2. The fourth-order valence-electron chi connectivity index (χ4n) is 2.78. The van der Waals surface area contributed by atoms with Crippen LogP contribution < -0.4 is 5.32 Å². The Morgan fingerprint density at radius 1 is 1.35 bits per heavy atom. The number of furan rings is 1. The van der Waals surface area contributed by atoms with Crippen LogP contribution in [0.1, 0.15) is 24.4 Å². The number of nitrogens with one attached hydrogen (secondary N) is 1. The van der Waals surface area contributed by atoms with E-state index in [-0.39, 0.29) is 18.2 Å².